The van der Waals surface area contributed by atoms with Crippen LogP contribution in [-0.2, 0) is 31.6 Å². The number of fused-ring (bicyclic) bond motifs is 1. The Labute approximate surface area is 171 Å². The molecule has 0 spiro atoms. The number of nitrogens with zero attached hydrogens (tertiary/aromatic N) is 4. The van der Waals surface area contributed by atoms with Crippen molar-refractivity contribution in [3.05, 3.63) is 12.5 Å². The maximum absolute atomic E-state index is 12.1. The van der Waals surface area contributed by atoms with Crippen molar-refractivity contribution >= 4 is 40.6 Å². The second-order valence-corrected chi connectivity index (χ2v) is 10.3. The first-order valence-corrected chi connectivity index (χ1v) is 12.5. The summed E-state index contributed by atoms with van der Waals surface area (Å²) in [6.07, 6.45) is -2.35. The Morgan fingerprint density at radius 2 is 1.84 bits per heavy atom. The van der Waals surface area contributed by atoms with Gasteiger partial charge in [0.2, 0.25) is 11.6 Å². The molecule has 0 aliphatic carbocycles. The molecule has 2 aromatic rings. The van der Waals surface area contributed by atoms with Crippen molar-refractivity contribution in [2.45, 2.75) is 24.9 Å². The van der Waals surface area contributed by atoms with Gasteiger partial charge in [-0.25, -0.2) is 23.7 Å². The van der Waals surface area contributed by atoms with Gasteiger partial charge in [0.1, 0.15) is 17.9 Å². The van der Waals surface area contributed by atoms with Gasteiger partial charge in [0, 0.05) is 6.42 Å². The molecule has 1 fully saturated rings. The lowest BCUT2D eigenvalue weighted by Crippen LogP contribution is -2.24. The Morgan fingerprint density at radius 3 is 2.48 bits per heavy atom. The summed E-state index contributed by atoms with van der Waals surface area (Å²) in [6.45, 7) is -0.635. The van der Waals surface area contributed by atoms with Gasteiger partial charge < -0.3 is 35.1 Å². The lowest BCUT2D eigenvalue weighted by atomic mass is 10.2. The van der Waals surface area contributed by atoms with E-state index in [9.17, 15) is 33.5 Å². The van der Waals surface area contributed by atoms with E-state index in [2.05, 4.69) is 32.7 Å². The van der Waals surface area contributed by atoms with Crippen LogP contribution >= 0.6 is 23.5 Å². The highest BCUT2D eigenvalue weighted by atomic mass is 31.3. The van der Waals surface area contributed by atoms with Crippen LogP contribution in [0.25, 0.3) is 11.2 Å². The van der Waals surface area contributed by atoms with Crippen molar-refractivity contribution in [2.75, 3.05) is 12.3 Å². The molecule has 0 bridgehead atoms. The lowest BCUT2D eigenvalue weighted by molar-refractivity contribution is -0.102. The fraction of sp³-hybridized carbons (Fsp3) is 0.500. The average Bonchev–Trinajstić information content (AvgIpc) is 3.14. The summed E-state index contributed by atoms with van der Waals surface area (Å²) in [4.78, 5) is 39.9. The first-order valence-electron chi connectivity index (χ1n) is 7.99. The number of aliphatic hydroxyl groups is 2. The van der Waals surface area contributed by atoms with Crippen LogP contribution in [-0.4, -0.2) is 69.7 Å². The maximum Gasteiger partial charge on any atom is 0.555 e. The van der Waals surface area contributed by atoms with Gasteiger partial charge in [0.05, 0.1) is 18.9 Å². The summed E-state index contributed by atoms with van der Waals surface area (Å²) in [5, 5.41) is 18.5. The molecule has 31 heavy (non-hydrogen) atoms. The average molecular weight is 507 g/mol. The summed E-state index contributed by atoms with van der Waals surface area (Å²) in [7, 11) is -16.7. The monoisotopic (exact) mass is 507 g/mol. The van der Waals surface area contributed by atoms with Gasteiger partial charge in [-0.15, -0.1) is 4.73 Å². The van der Waals surface area contributed by atoms with Crippen LogP contribution in [0.4, 0.5) is 5.95 Å². The fourth-order valence-corrected chi connectivity index (χ4v) is 5.88. The van der Waals surface area contributed by atoms with Crippen molar-refractivity contribution in [2.24, 2.45) is 0 Å². The minimum Gasteiger partial charge on any atom is -0.394 e. The van der Waals surface area contributed by atoms with Gasteiger partial charge in [-0.3, -0.25) is 9.42 Å². The zero-order valence-corrected chi connectivity index (χ0v) is 17.7. The van der Waals surface area contributed by atoms with Crippen LogP contribution in [0.3, 0.4) is 0 Å². The van der Waals surface area contributed by atoms with E-state index in [1.165, 1.54) is 0 Å². The van der Waals surface area contributed by atoms with Crippen LogP contribution in [0.1, 0.15) is 6.42 Å². The molecule has 0 radical (unpaired) electrons. The van der Waals surface area contributed by atoms with Crippen molar-refractivity contribution in [3.63, 3.8) is 0 Å². The smallest absolute Gasteiger partial charge is 0.394 e. The van der Waals surface area contributed by atoms with E-state index in [0.717, 1.165) is 12.5 Å². The van der Waals surface area contributed by atoms with Crippen molar-refractivity contribution in [1.29, 1.82) is 0 Å². The number of phosphoric ester groups is 1. The van der Waals surface area contributed by atoms with Crippen molar-refractivity contribution in [1.82, 2.24) is 19.7 Å². The fourth-order valence-electron chi connectivity index (χ4n) is 2.35. The van der Waals surface area contributed by atoms with E-state index >= 15 is 0 Å². The highest BCUT2D eigenvalue weighted by Gasteiger charge is 2.46. The summed E-state index contributed by atoms with van der Waals surface area (Å²) < 4.78 is 58.1. The Hall–Kier alpha value is -1.52. The van der Waals surface area contributed by atoms with Crippen LogP contribution < -0.4 is 10.4 Å². The first-order chi connectivity index (χ1) is 14.3. The van der Waals surface area contributed by atoms with Gasteiger partial charge in [-0.2, -0.15) is 13.6 Å². The molecule has 1 aliphatic heterocycles. The minimum absolute atomic E-state index is 0.0748. The molecule has 21 heteroatoms. The molecule has 6 atom stereocenters. The van der Waals surface area contributed by atoms with Crippen LogP contribution in [0.15, 0.2) is 12.5 Å². The maximum atomic E-state index is 12.1. The van der Waals surface area contributed by atoms with Crippen molar-refractivity contribution < 1.29 is 61.1 Å². The number of nitrogen functional groups attached to an aromatic ring is 1. The number of imidazole rings is 1. The number of rotatable bonds is 9. The molecule has 4 unspecified atom stereocenters. The summed E-state index contributed by atoms with van der Waals surface area (Å²) in [5.41, 5.74) is 5.25. The van der Waals surface area contributed by atoms with Crippen molar-refractivity contribution in [3.8, 4) is 0 Å². The van der Waals surface area contributed by atoms with Gasteiger partial charge in [0.15, 0.2) is 6.29 Å². The Bertz CT molecular complexity index is 1100. The third-order valence-corrected chi connectivity index (χ3v) is 7.69. The Morgan fingerprint density at radius 1 is 1.16 bits per heavy atom. The molecule has 0 amide bonds. The lowest BCUT2D eigenvalue weighted by Gasteiger charge is -2.20. The minimum atomic E-state index is -5.75. The largest absolute Gasteiger partial charge is 0.555 e. The third-order valence-electron chi connectivity index (χ3n) is 3.50. The molecule has 3 heterocycles. The molecule has 18 nitrogen and oxygen atoms in total. The highest BCUT2D eigenvalue weighted by molar-refractivity contribution is 7.66. The molecule has 0 saturated carbocycles. The number of anilines is 1. The highest BCUT2D eigenvalue weighted by Crippen LogP contribution is 2.67. The second-order valence-electron chi connectivity index (χ2n) is 5.85. The molecule has 2 aromatic heterocycles. The molecular formula is C10H16N5O13P3. The topological polar surface area (TPSA) is 268 Å². The van der Waals surface area contributed by atoms with Crippen LogP contribution in [0, 0.1) is 0 Å². The quantitative estimate of drug-likeness (QED) is 0.214. The van der Waals surface area contributed by atoms with Gasteiger partial charge in [-0.05, 0) is 0 Å². The standard InChI is InChI=1S/C10H16N5O13P3/c11-10-12-2-5-9(14-10)15(4-13-5)26-30(20,21)28-31(22,23)27-29(18,19)25-8-1-6(17)7(3-16)24-8/h2,4,6-8,16-17H,1,3H2,(H,18,19)(H,20,21)(H,22,23)(H2,11,12,14)/t6-,7+,8?/m0/s1. The van der Waals surface area contributed by atoms with E-state index < -0.39 is 48.6 Å². The SMILES string of the molecule is Nc1ncc2ncn(OP(=O)(O)OP(=O)(O)OP(=O)(O)OC3C[C@H](O)[C@@H](CO)O3)c2n1. The van der Waals surface area contributed by atoms with E-state index in [1.807, 2.05) is 0 Å². The molecule has 0 aromatic carbocycles. The third kappa shape index (κ3) is 6.26. The number of phosphoric acid groups is 3. The van der Waals surface area contributed by atoms with E-state index in [4.69, 9.17) is 15.6 Å². The van der Waals surface area contributed by atoms with Gasteiger partial charge in [-0.1, -0.05) is 0 Å². The number of aromatic nitrogens is 4. The van der Waals surface area contributed by atoms with Crippen LogP contribution in [0.5, 0.6) is 0 Å². The summed E-state index contributed by atoms with van der Waals surface area (Å²) in [5.74, 6) is -0.247. The van der Waals surface area contributed by atoms with E-state index in [0.29, 0.717) is 4.73 Å². The molecular weight excluding hydrogens is 491 g/mol. The molecule has 1 aliphatic rings. The zero-order chi connectivity index (χ0) is 23.0. The molecule has 3 rings (SSSR count). The second kappa shape index (κ2) is 8.78. The van der Waals surface area contributed by atoms with Gasteiger partial charge >= 0.3 is 23.5 Å². The molecule has 174 valence electrons. The normalized spacial score (nSPS) is 27.5. The van der Waals surface area contributed by atoms with Gasteiger partial charge in [0.25, 0.3) is 0 Å². The number of hydrogen-bond acceptors (Lipinski definition) is 14. The molecule has 7 N–H and O–H groups in total. The van der Waals surface area contributed by atoms with E-state index in [1.54, 1.807) is 0 Å². The number of nitrogens with two attached hydrogens (primary N) is 1. The first kappa shape index (κ1) is 24.1. The summed E-state index contributed by atoms with van der Waals surface area (Å²) in [6, 6.07) is 0. The zero-order valence-electron chi connectivity index (χ0n) is 15.0. The predicted octanol–water partition coefficient (Wildman–Crippen LogP) is -1.34. The summed E-state index contributed by atoms with van der Waals surface area (Å²) >= 11 is 0. The van der Waals surface area contributed by atoms with Crippen LogP contribution in [0.2, 0.25) is 0 Å². The Kier molecular flexibility index (Phi) is 6.84. The molecule has 1 saturated heterocycles. The predicted molar refractivity (Wildman–Crippen MR) is 95.4 cm³/mol. The number of hydrogen-bond donors (Lipinski definition) is 6. The Balaban J connectivity index is 1.65. The number of aliphatic hydroxyl groups excluding tert-OH is 2. The number of ether oxygens (including phenoxy) is 1. The van der Waals surface area contributed by atoms with E-state index in [-0.39, 0.29) is 23.5 Å².